The first-order chi connectivity index (χ1) is 14.8. The number of piperazine rings is 1. The summed E-state index contributed by atoms with van der Waals surface area (Å²) in [7, 11) is 0. The van der Waals surface area contributed by atoms with Crippen molar-refractivity contribution in [2.24, 2.45) is 0 Å². The Morgan fingerprint density at radius 2 is 1.39 bits per heavy atom. The Balaban J connectivity index is 1.23. The van der Waals surface area contributed by atoms with Crippen LogP contribution in [0, 0.1) is 0 Å². The first kappa shape index (κ1) is 19.9. The maximum Gasteiger partial charge on any atom is 0.410 e. The van der Waals surface area contributed by atoms with E-state index in [-0.39, 0.29) is 30.2 Å². The fourth-order valence-corrected chi connectivity index (χ4v) is 4.84. The molecule has 6 nitrogen and oxygen atoms in total. The number of carbonyl (C=O) groups is 2. The lowest BCUT2D eigenvalue weighted by Crippen LogP contribution is -2.51. The predicted octanol–water partition coefficient (Wildman–Crippen LogP) is 4.63. The van der Waals surface area contributed by atoms with Gasteiger partial charge in [0.15, 0.2) is 0 Å². The fourth-order valence-electron chi connectivity index (χ4n) is 4.84. The number of hydrogen-bond donors (Lipinski definition) is 0. The van der Waals surface area contributed by atoms with E-state index in [0.717, 1.165) is 6.42 Å². The Labute approximate surface area is 182 Å². The molecular formula is C25H28N2O4. The second kappa shape index (κ2) is 7.29. The van der Waals surface area contributed by atoms with Crippen LogP contribution in [0.5, 0.6) is 0 Å². The Hall–Kier alpha value is -3.02. The molecule has 1 saturated heterocycles. The molecule has 0 spiro atoms. The summed E-state index contributed by atoms with van der Waals surface area (Å²) in [5.74, 6) is 0.0504. The van der Waals surface area contributed by atoms with Crippen molar-refractivity contribution in [1.82, 2.24) is 9.80 Å². The molecular weight excluding hydrogens is 392 g/mol. The molecule has 1 saturated carbocycles. The lowest BCUT2D eigenvalue weighted by atomic mass is 9.98. The Morgan fingerprint density at radius 1 is 0.871 bits per heavy atom. The number of rotatable bonds is 2. The summed E-state index contributed by atoms with van der Waals surface area (Å²) in [6.07, 6.45) is 0.189. The van der Waals surface area contributed by atoms with Crippen LogP contribution in [0.15, 0.2) is 48.5 Å². The standard InChI is InChI=1S/C25H28N2O4/c1-25(2,3)31-24(29)27-13-12-26(21-14-22(21)27)23(28)30-15-20-18-10-6-4-8-16(18)17-9-5-7-11-19(17)20/h4-11,20-22H,12-15H2,1-3H3/t21-,22+/m0/s1. The normalized spacial score (nSPS) is 21.8. The lowest BCUT2D eigenvalue weighted by Gasteiger charge is -2.34. The average molecular weight is 421 g/mol. The maximum atomic E-state index is 12.9. The molecule has 162 valence electrons. The van der Waals surface area contributed by atoms with E-state index in [4.69, 9.17) is 9.47 Å². The van der Waals surface area contributed by atoms with Crippen LogP contribution in [0.2, 0.25) is 0 Å². The van der Waals surface area contributed by atoms with Crippen molar-refractivity contribution >= 4 is 12.2 Å². The van der Waals surface area contributed by atoms with Gasteiger partial charge < -0.3 is 19.3 Å². The summed E-state index contributed by atoms with van der Waals surface area (Å²) in [5.41, 5.74) is 4.32. The second-order valence-corrected chi connectivity index (χ2v) is 9.54. The highest BCUT2D eigenvalue weighted by molar-refractivity contribution is 5.79. The smallest absolute Gasteiger partial charge is 0.410 e. The zero-order valence-electron chi connectivity index (χ0n) is 18.2. The monoisotopic (exact) mass is 420 g/mol. The molecule has 2 aliphatic carbocycles. The molecule has 5 rings (SSSR count). The van der Waals surface area contributed by atoms with Crippen LogP contribution in [0.25, 0.3) is 11.1 Å². The van der Waals surface area contributed by atoms with Crippen molar-refractivity contribution < 1.29 is 19.1 Å². The van der Waals surface area contributed by atoms with Gasteiger partial charge in [0, 0.05) is 19.0 Å². The van der Waals surface area contributed by atoms with E-state index in [2.05, 4.69) is 24.3 Å². The molecule has 0 radical (unpaired) electrons. The highest BCUT2D eigenvalue weighted by Gasteiger charge is 2.53. The van der Waals surface area contributed by atoms with Crippen LogP contribution < -0.4 is 0 Å². The molecule has 0 bridgehead atoms. The van der Waals surface area contributed by atoms with E-state index in [1.165, 1.54) is 22.3 Å². The summed E-state index contributed by atoms with van der Waals surface area (Å²) in [6.45, 7) is 6.85. The maximum absolute atomic E-state index is 12.9. The number of carbonyl (C=O) groups excluding carboxylic acids is 2. The highest BCUT2D eigenvalue weighted by atomic mass is 16.6. The van der Waals surface area contributed by atoms with Gasteiger partial charge in [-0.1, -0.05) is 48.5 Å². The largest absolute Gasteiger partial charge is 0.448 e. The fraction of sp³-hybridized carbons (Fsp3) is 0.440. The molecule has 2 aromatic carbocycles. The molecule has 2 amide bonds. The summed E-state index contributed by atoms with van der Waals surface area (Å²) in [4.78, 5) is 28.8. The third kappa shape index (κ3) is 3.64. The van der Waals surface area contributed by atoms with Crippen LogP contribution in [-0.4, -0.2) is 59.4 Å². The van der Waals surface area contributed by atoms with Crippen LogP contribution in [0.4, 0.5) is 9.59 Å². The highest BCUT2D eigenvalue weighted by Crippen LogP contribution is 2.45. The number of ether oxygens (including phenoxy) is 2. The molecule has 2 fully saturated rings. The molecule has 31 heavy (non-hydrogen) atoms. The molecule has 0 aromatic heterocycles. The Kier molecular flexibility index (Phi) is 4.68. The molecule has 1 heterocycles. The minimum atomic E-state index is -0.522. The topological polar surface area (TPSA) is 59.1 Å². The molecule has 3 aliphatic rings. The quantitative estimate of drug-likeness (QED) is 0.711. The van der Waals surface area contributed by atoms with E-state index in [1.807, 2.05) is 45.0 Å². The predicted molar refractivity (Wildman–Crippen MR) is 117 cm³/mol. The van der Waals surface area contributed by atoms with E-state index in [1.54, 1.807) is 9.80 Å². The van der Waals surface area contributed by atoms with Crippen LogP contribution in [0.1, 0.15) is 44.2 Å². The first-order valence-corrected chi connectivity index (χ1v) is 10.9. The number of amides is 2. The van der Waals surface area contributed by atoms with E-state index < -0.39 is 5.60 Å². The van der Waals surface area contributed by atoms with Gasteiger partial charge in [-0.25, -0.2) is 9.59 Å². The van der Waals surface area contributed by atoms with Gasteiger partial charge >= 0.3 is 12.2 Å². The van der Waals surface area contributed by atoms with Crippen LogP contribution in [0.3, 0.4) is 0 Å². The summed E-state index contributed by atoms with van der Waals surface area (Å²) < 4.78 is 11.3. The molecule has 6 heteroatoms. The number of nitrogens with zero attached hydrogens (tertiary/aromatic N) is 2. The van der Waals surface area contributed by atoms with Crippen molar-refractivity contribution in [2.45, 2.75) is 50.8 Å². The van der Waals surface area contributed by atoms with Gasteiger partial charge in [-0.05, 0) is 49.4 Å². The summed E-state index contributed by atoms with van der Waals surface area (Å²) in [5, 5.41) is 0. The minimum Gasteiger partial charge on any atom is -0.448 e. The average Bonchev–Trinajstić information content (AvgIpc) is 3.47. The first-order valence-electron chi connectivity index (χ1n) is 10.9. The molecule has 0 N–H and O–H groups in total. The van der Waals surface area contributed by atoms with Gasteiger partial charge in [0.2, 0.25) is 0 Å². The summed E-state index contributed by atoms with van der Waals surface area (Å²) in [6, 6.07) is 16.7. The van der Waals surface area contributed by atoms with Crippen molar-refractivity contribution in [2.75, 3.05) is 19.7 Å². The second-order valence-electron chi connectivity index (χ2n) is 9.54. The summed E-state index contributed by atoms with van der Waals surface area (Å²) >= 11 is 0. The molecule has 1 aliphatic heterocycles. The van der Waals surface area contributed by atoms with Gasteiger partial charge in [0.1, 0.15) is 12.2 Å². The molecule has 0 unspecified atom stereocenters. The van der Waals surface area contributed by atoms with Crippen molar-refractivity contribution in [3.8, 4) is 11.1 Å². The van der Waals surface area contributed by atoms with Crippen molar-refractivity contribution in [1.29, 1.82) is 0 Å². The zero-order chi connectivity index (χ0) is 21.8. The van der Waals surface area contributed by atoms with Crippen LogP contribution >= 0.6 is 0 Å². The number of benzene rings is 2. The molecule has 2 aromatic rings. The van der Waals surface area contributed by atoms with E-state index in [9.17, 15) is 9.59 Å². The van der Waals surface area contributed by atoms with Crippen molar-refractivity contribution in [3.63, 3.8) is 0 Å². The third-order valence-electron chi connectivity index (χ3n) is 6.31. The van der Waals surface area contributed by atoms with Crippen molar-refractivity contribution in [3.05, 3.63) is 59.7 Å². The number of hydrogen-bond acceptors (Lipinski definition) is 4. The van der Waals surface area contributed by atoms with Crippen LogP contribution in [-0.2, 0) is 9.47 Å². The number of fused-ring (bicyclic) bond motifs is 4. The van der Waals surface area contributed by atoms with Gasteiger partial charge in [0.25, 0.3) is 0 Å². The SMILES string of the molecule is CC(C)(C)OC(=O)N1CCN(C(=O)OCC2c3ccccc3-c3ccccc32)[C@H]2C[C@H]21. The Bertz CT molecular complexity index is 983. The molecule has 2 atom stereocenters. The minimum absolute atomic E-state index is 0.0249. The lowest BCUT2D eigenvalue weighted by molar-refractivity contribution is 0.0115. The van der Waals surface area contributed by atoms with Gasteiger partial charge in [-0.2, -0.15) is 0 Å². The van der Waals surface area contributed by atoms with Gasteiger partial charge in [-0.3, -0.25) is 0 Å². The van der Waals surface area contributed by atoms with E-state index >= 15 is 0 Å². The zero-order valence-corrected chi connectivity index (χ0v) is 18.2. The van der Waals surface area contributed by atoms with Gasteiger partial charge in [0.05, 0.1) is 12.1 Å². The van der Waals surface area contributed by atoms with E-state index in [0.29, 0.717) is 19.7 Å². The Morgan fingerprint density at radius 3 is 1.94 bits per heavy atom. The van der Waals surface area contributed by atoms with Gasteiger partial charge in [-0.15, -0.1) is 0 Å². The third-order valence-corrected chi connectivity index (χ3v) is 6.31.